The summed E-state index contributed by atoms with van der Waals surface area (Å²) in [6, 6.07) is 3.28. The Bertz CT molecular complexity index is 1090. The standard InChI is InChI=1S/C24H25F6NO5/c1-5-36-22(33)31-12(2)6-17(16-10-19(34-3)20(35-4)11-18(16)31)21(32)13-7-14(23(25,26)27)9-15(8-13)24(28,29)30/h7-12,17,21,32H,5-6H2,1-4H3/t12-,17-,21-/m1/s1. The smallest absolute Gasteiger partial charge is 0.416 e. The van der Waals surface area contributed by atoms with Crippen LogP contribution in [-0.4, -0.2) is 38.1 Å². The van der Waals surface area contributed by atoms with Crippen LogP contribution in [0.25, 0.3) is 0 Å². The lowest BCUT2D eigenvalue weighted by Crippen LogP contribution is -2.44. The van der Waals surface area contributed by atoms with E-state index in [9.17, 15) is 36.2 Å². The number of alkyl halides is 6. The minimum atomic E-state index is -5.06. The molecule has 0 aliphatic carbocycles. The van der Waals surface area contributed by atoms with Crippen LogP contribution in [-0.2, 0) is 17.1 Å². The van der Waals surface area contributed by atoms with Crippen LogP contribution in [0.2, 0.25) is 0 Å². The summed E-state index contributed by atoms with van der Waals surface area (Å²) in [4.78, 5) is 14.0. The molecule has 2 aromatic rings. The first-order valence-electron chi connectivity index (χ1n) is 10.9. The zero-order chi connectivity index (χ0) is 27.0. The van der Waals surface area contributed by atoms with E-state index in [1.807, 2.05) is 0 Å². The molecule has 0 bridgehead atoms. The molecule has 12 heteroatoms. The van der Waals surface area contributed by atoms with Crippen LogP contribution in [0.3, 0.4) is 0 Å². The van der Waals surface area contributed by atoms with Crippen molar-refractivity contribution in [1.29, 1.82) is 0 Å². The largest absolute Gasteiger partial charge is 0.493 e. The van der Waals surface area contributed by atoms with Gasteiger partial charge in [-0.3, -0.25) is 4.90 Å². The predicted octanol–water partition coefficient (Wildman–Crippen LogP) is 6.31. The third-order valence-electron chi connectivity index (χ3n) is 6.02. The summed E-state index contributed by atoms with van der Waals surface area (Å²) in [5.74, 6) is -0.553. The highest BCUT2D eigenvalue weighted by atomic mass is 19.4. The highest BCUT2D eigenvalue weighted by molar-refractivity contribution is 5.91. The van der Waals surface area contributed by atoms with Crippen molar-refractivity contribution in [3.8, 4) is 11.5 Å². The second-order valence-electron chi connectivity index (χ2n) is 8.31. The second kappa shape index (κ2) is 10.1. The van der Waals surface area contributed by atoms with Gasteiger partial charge >= 0.3 is 18.4 Å². The molecule has 0 radical (unpaired) electrons. The van der Waals surface area contributed by atoms with Gasteiger partial charge in [-0.15, -0.1) is 0 Å². The summed E-state index contributed by atoms with van der Waals surface area (Å²) in [5.41, 5.74) is -3.11. The summed E-state index contributed by atoms with van der Waals surface area (Å²) in [6.45, 7) is 3.31. The number of amides is 1. The number of hydrogen-bond acceptors (Lipinski definition) is 5. The molecular formula is C24H25F6NO5. The molecule has 1 heterocycles. The molecule has 0 fully saturated rings. The maximum absolute atomic E-state index is 13.4. The third kappa shape index (κ3) is 5.32. The molecule has 0 aromatic heterocycles. The van der Waals surface area contributed by atoms with Crippen molar-refractivity contribution in [3.63, 3.8) is 0 Å². The van der Waals surface area contributed by atoms with E-state index >= 15 is 0 Å². The normalized spacial score (nSPS) is 18.9. The Labute approximate surface area is 203 Å². The topological polar surface area (TPSA) is 68.2 Å². The van der Waals surface area contributed by atoms with Gasteiger partial charge in [0.05, 0.1) is 43.7 Å². The van der Waals surface area contributed by atoms with E-state index in [0.29, 0.717) is 12.1 Å². The highest BCUT2D eigenvalue weighted by Gasteiger charge is 2.42. The number of fused-ring (bicyclic) bond motifs is 1. The van der Waals surface area contributed by atoms with E-state index in [1.165, 1.54) is 31.3 Å². The average molecular weight is 521 g/mol. The van der Waals surface area contributed by atoms with Crippen molar-refractivity contribution in [2.45, 2.75) is 50.7 Å². The van der Waals surface area contributed by atoms with Crippen molar-refractivity contribution < 1.29 is 50.5 Å². The van der Waals surface area contributed by atoms with Crippen LogP contribution < -0.4 is 14.4 Å². The summed E-state index contributed by atoms with van der Waals surface area (Å²) in [5, 5.41) is 11.2. The Hall–Kier alpha value is -3.15. The average Bonchev–Trinajstić information content (AvgIpc) is 2.80. The number of hydrogen-bond donors (Lipinski definition) is 1. The first-order chi connectivity index (χ1) is 16.7. The summed E-state index contributed by atoms with van der Waals surface area (Å²) < 4.78 is 96.1. The first-order valence-corrected chi connectivity index (χ1v) is 10.9. The van der Waals surface area contributed by atoms with Gasteiger partial charge < -0.3 is 19.3 Å². The van der Waals surface area contributed by atoms with E-state index in [-0.39, 0.29) is 41.8 Å². The molecular weight excluding hydrogens is 496 g/mol. The number of aliphatic hydroxyl groups is 1. The molecule has 0 saturated heterocycles. The number of benzene rings is 2. The van der Waals surface area contributed by atoms with Crippen LogP contribution >= 0.6 is 0 Å². The number of carbonyl (C=O) groups excluding carboxylic acids is 1. The maximum atomic E-state index is 13.4. The Morgan fingerprint density at radius 3 is 2.00 bits per heavy atom. The molecule has 36 heavy (non-hydrogen) atoms. The van der Waals surface area contributed by atoms with Gasteiger partial charge in [-0.1, -0.05) is 0 Å². The van der Waals surface area contributed by atoms with E-state index in [4.69, 9.17) is 14.2 Å². The summed E-state index contributed by atoms with van der Waals surface area (Å²) >= 11 is 0. The summed E-state index contributed by atoms with van der Waals surface area (Å²) in [7, 11) is 2.70. The molecule has 198 valence electrons. The van der Waals surface area contributed by atoms with Gasteiger partial charge in [-0.25, -0.2) is 4.79 Å². The third-order valence-corrected chi connectivity index (χ3v) is 6.02. The van der Waals surface area contributed by atoms with Crippen LogP contribution in [0.15, 0.2) is 30.3 Å². The maximum Gasteiger partial charge on any atom is 0.416 e. The predicted molar refractivity (Wildman–Crippen MR) is 117 cm³/mol. The number of anilines is 1. The molecule has 0 spiro atoms. The zero-order valence-electron chi connectivity index (χ0n) is 19.8. The van der Waals surface area contributed by atoms with E-state index in [1.54, 1.807) is 13.8 Å². The fourth-order valence-corrected chi connectivity index (χ4v) is 4.38. The number of carbonyl (C=O) groups is 1. The zero-order valence-corrected chi connectivity index (χ0v) is 19.8. The Kier molecular flexibility index (Phi) is 7.68. The lowest BCUT2D eigenvalue weighted by atomic mass is 9.79. The van der Waals surface area contributed by atoms with Gasteiger partial charge in [0, 0.05) is 18.0 Å². The molecule has 1 amide bonds. The van der Waals surface area contributed by atoms with Crippen molar-refractivity contribution in [2.24, 2.45) is 0 Å². The molecule has 2 aromatic carbocycles. The van der Waals surface area contributed by atoms with Crippen molar-refractivity contribution >= 4 is 11.8 Å². The van der Waals surface area contributed by atoms with Gasteiger partial charge in [0.25, 0.3) is 0 Å². The number of methoxy groups -OCH3 is 2. The molecule has 0 unspecified atom stereocenters. The number of rotatable bonds is 5. The van der Waals surface area contributed by atoms with E-state index < -0.39 is 53.2 Å². The fraction of sp³-hybridized carbons (Fsp3) is 0.458. The molecule has 0 saturated carbocycles. The Balaban J connectivity index is 2.20. The van der Waals surface area contributed by atoms with Crippen LogP contribution in [0.5, 0.6) is 11.5 Å². The number of nitrogens with zero attached hydrogens (tertiary/aromatic N) is 1. The SMILES string of the molecule is CCOC(=O)N1c2cc(OC)c(OC)cc2[C@H]([C@H](O)c2cc(C(F)(F)F)cc(C(F)(F)F)c2)C[C@H]1C. The molecule has 3 rings (SSSR count). The van der Waals surface area contributed by atoms with Gasteiger partial charge in [-0.2, -0.15) is 26.3 Å². The van der Waals surface area contributed by atoms with Gasteiger partial charge in [0.1, 0.15) is 0 Å². The summed E-state index contributed by atoms with van der Waals surface area (Å²) in [6.07, 6.45) is -12.6. The molecule has 1 aliphatic rings. The van der Waals surface area contributed by atoms with Crippen LogP contribution in [0.4, 0.5) is 36.8 Å². The Morgan fingerprint density at radius 1 is 1.00 bits per heavy atom. The van der Waals surface area contributed by atoms with Crippen molar-refractivity contribution in [2.75, 3.05) is 25.7 Å². The minimum absolute atomic E-state index is 0.00401. The lowest BCUT2D eigenvalue weighted by Gasteiger charge is -2.40. The number of aliphatic hydroxyl groups excluding tert-OH is 1. The van der Waals surface area contributed by atoms with Crippen LogP contribution in [0.1, 0.15) is 54.5 Å². The second-order valence-corrected chi connectivity index (χ2v) is 8.31. The first kappa shape index (κ1) is 27.4. The monoisotopic (exact) mass is 521 g/mol. The van der Waals surface area contributed by atoms with Crippen molar-refractivity contribution in [3.05, 3.63) is 52.6 Å². The fourth-order valence-electron chi connectivity index (χ4n) is 4.38. The van der Waals surface area contributed by atoms with Crippen molar-refractivity contribution in [1.82, 2.24) is 0 Å². The van der Waals surface area contributed by atoms with Crippen LogP contribution in [0, 0.1) is 0 Å². The van der Waals surface area contributed by atoms with E-state index in [2.05, 4.69) is 0 Å². The molecule has 3 atom stereocenters. The van der Waals surface area contributed by atoms with Gasteiger partial charge in [0.2, 0.25) is 0 Å². The highest BCUT2D eigenvalue weighted by Crippen LogP contribution is 2.49. The molecule has 1 aliphatic heterocycles. The number of ether oxygens (including phenoxy) is 3. The Morgan fingerprint density at radius 2 is 1.53 bits per heavy atom. The molecule has 1 N–H and O–H groups in total. The van der Waals surface area contributed by atoms with Gasteiger partial charge in [-0.05, 0) is 55.7 Å². The van der Waals surface area contributed by atoms with Gasteiger partial charge in [0.15, 0.2) is 11.5 Å². The lowest BCUT2D eigenvalue weighted by molar-refractivity contribution is -0.143. The number of halogens is 6. The van der Waals surface area contributed by atoms with E-state index in [0.717, 1.165) is 0 Å². The quantitative estimate of drug-likeness (QED) is 0.467. The minimum Gasteiger partial charge on any atom is -0.493 e. The molecule has 6 nitrogen and oxygen atoms in total.